The molecule has 0 bridgehead atoms. The van der Waals surface area contributed by atoms with Crippen molar-refractivity contribution in [2.45, 2.75) is 36.9 Å². The molecule has 14 nitrogen and oxygen atoms in total. The van der Waals surface area contributed by atoms with E-state index in [0.29, 0.717) is 0 Å². The van der Waals surface area contributed by atoms with E-state index in [2.05, 4.69) is 0 Å². The summed E-state index contributed by atoms with van der Waals surface area (Å²) in [5.74, 6) is -12.0. The molecule has 0 saturated carbocycles. The van der Waals surface area contributed by atoms with Crippen molar-refractivity contribution >= 4 is 35.8 Å². The summed E-state index contributed by atoms with van der Waals surface area (Å²) in [4.78, 5) is 60.0. The van der Waals surface area contributed by atoms with Crippen molar-refractivity contribution in [3.8, 4) is 0 Å². The molecule has 0 aliphatic rings. The molecule has 148 valence electrons. The molecule has 0 spiro atoms. The Balaban J connectivity index is -0.0000000847. The van der Waals surface area contributed by atoms with Crippen molar-refractivity contribution in [2.75, 3.05) is 0 Å². The van der Waals surface area contributed by atoms with E-state index in [1.807, 2.05) is 0 Å². The van der Waals surface area contributed by atoms with Crippen LogP contribution in [0, 0.1) is 0 Å². The van der Waals surface area contributed by atoms with Gasteiger partial charge in [-0.1, -0.05) is 0 Å². The van der Waals surface area contributed by atoms with Crippen LogP contribution in [0.2, 0.25) is 0 Å². The van der Waals surface area contributed by atoms with Crippen LogP contribution in [0.3, 0.4) is 0 Å². The van der Waals surface area contributed by atoms with Gasteiger partial charge in [0.15, 0.2) is 0 Å². The Morgan fingerprint density at radius 1 is 0.500 bits per heavy atom. The first-order valence-corrected chi connectivity index (χ1v) is 6.23. The van der Waals surface area contributed by atoms with Gasteiger partial charge in [-0.15, -0.1) is 0 Å². The molecule has 0 rings (SSSR count). The van der Waals surface area contributed by atoms with Crippen LogP contribution in [-0.4, -0.2) is 57.2 Å². The topological polar surface area (TPSA) is 281 Å². The van der Waals surface area contributed by atoms with Crippen molar-refractivity contribution in [2.24, 2.45) is 0 Å². The van der Waals surface area contributed by atoms with Crippen LogP contribution < -0.4 is 185 Å². The monoisotopic (exact) mass is 543 g/mol. The molecule has 30 heavy (non-hydrogen) atoms. The van der Waals surface area contributed by atoms with Crippen LogP contribution in [0.15, 0.2) is 0 Å². The van der Waals surface area contributed by atoms with Crippen molar-refractivity contribution < 1.29 is 245 Å². The maximum absolute atomic E-state index is 10.1. The summed E-state index contributed by atoms with van der Waals surface area (Å²) in [6.07, 6.45) is -5.43. The second-order valence-corrected chi connectivity index (χ2v) is 4.83. The quantitative estimate of drug-likeness (QED) is 0.242. The van der Waals surface area contributed by atoms with Crippen LogP contribution in [0.1, 0.15) is 25.7 Å². The molecule has 0 heterocycles. The van der Waals surface area contributed by atoms with Gasteiger partial charge in [0.05, 0.1) is 11.9 Å². The number of carboxylic acid groups (broad SMARTS) is 6. The number of aliphatic carboxylic acids is 6. The minimum atomic E-state index is -2.97. The summed E-state index contributed by atoms with van der Waals surface area (Å²) in [6.45, 7) is 0. The number of hydrogen-bond acceptors (Lipinski definition) is 14. The van der Waals surface area contributed by atoms with E-state index in [0.717, 1.165) is 0 Å². The van der Waals surface area contributed by atoms with Crippen LogP contribution in [0.4, 0.5) is 0 Å². The van der Waals surface area contributed by atoms with Crippen LogP contribution in [-0.2, 0) is 50.5 Å². The molecule has 0 radical (unpaired) electrons. The Kier molecular flexibility index (Phi) is 33.4. The number of carbonyl (C=O) groups is 6. The Hall–Kier alpha value is 2.36. The summed E-state index contributed by atoms with van der Waals surface area (Å²) in [6, 6.07) is 0. The minimum absolute atomic E-state index is 0. The zero-order chi connectivity index (χ0) is 21.3. The number of carboxylic acids is 6. The Bertz CT molecular complexity index is 527. The molecule has 2 N–H and O–H groups in total. The first kappa shape index (κ1) is 45.8. The SMILES string of the molecule is O=C([O-])CC(O)(CC(=O)[O-])C(=O)[O-].O=C([O-])CC(O)(CC(=O)[O-])C(=O)[O-].[K+].[K+].[K+].[Ti+4]. The van der Waals surface area contributed by atoms with Gasteiger partial charge in [-0.2, -0.15) is 0 Å². The van der Waals surface area contributed by atoms with Gasteiger partial charge in [-0.25, -0.2) is 0 Å². The van der Waals surface area contributed by atoms with Crippen molar-refractivity contribution in [1.82, 2.24) is 0 Å². The first-order chi connectivity index (χ1) is 11.6. The molecule has 0 aromatic carbocycles. The molecule has 0 amide bonds. The summed E-state index contributed by atoms with van der Waals surface area (Å²) < 4.78 is 0. The van der Waals surface area contributed by atoms with Gasteiger partial charge in [0, 0.05) is 49.6 Å². The molecule has 0 aliphatic carbocycles. The normalized spacial score (nSPS) is 9.40. The maximum atomic E-state index is 10.1. The average molecular weight is 543 g/mol. The first-order valence-electron chi connectivity index (χ1n) is 6.23. The van der Waals surface area contributed by atoms with E-state index in [4.69, 9.17) is 10.2 Å². The van der Waals surface area contributed by atoms with E-state index in [-0.39, 0.29) is 176 Å². The predicted molar refractivity (Wildman–Crippen MR) is 58.4 cm³/mol. The molecule has 0 aliphatic heterocycles. The van der Waals surface area contributed by atoms with Gasteiger partial charge < -0.3 is 69.6 Å². The number of aliphatic hydroxyl groups is 2. The molecule has 0 unspecified atom stereocenters. The summed E-state index contributed by atoms with van der Waals surface area (Å²) in [5.41, 5.74) is -5.95. The molecular formula is C12H10K3O14Ti+. The third-order valence-corrected chi connectivity index (χ3v) is 2.51. The number of rotatable bonds is 10. The third kappa shape index (κ3) is 22.2. The third-order valence-electron chi connectivity index (χ3n) is 2.51. The maximum Gasteiger partial charge on any atom is 4.00 e. The van der Waals surface area contributed by atoms with E-state index >= 15 is 0 Å². The summed E-state index contributed by atoms with van der Waals surface area (Å²) in [7, 11) is 0. The molecule has 0 atom stereocenters. The van der Waals surface area contributed by atoms with Crippen molar-refractivity contribution in [3.63, 3.8) is 0 Å². The smallest absolute Gasteiger partial charge is 0.550 e. The molecule has 0 saturated heterocycles. The number of hydrogen-bond donors (Lipinski definition) is 2. The average Bonchev–Trinajstić information content (AvgIpc) is 2.34. The second-order valence-electron chi connectivity index (χ2n) is 4.83. The molecule has 0 aromatic heterocycles. The van der Waals surface area contributed by atoms with Crippen LogP contribution in [0.5, 0.6) is 0 Å². The van der Waals surface area contributed by atoms with Gasteiger partial charge in [-0.05, 0) is 0 Å². The molecule has 0 aromatic rings. The molecular weight excluding hydrogens is 533 g/mol. The van der Waals surface area contributed by atoms with Crippen molar-refractivity contribution in [3.05, 3.63) is 0 Å². The largest absolute Gasteiger partial charge is 4.00 e. The van der Waals surface area contributed by atoms with Crippen molar-refractivity contribution in [1.29, 1.82) is 0 Å². The standard InChI is InChI=1S/2C6H8O7.3K.Ti/c2*7-3(8)1-6(13,5(11)12)2-4(9)10;;;;/h2*13H,1-2H2,(H,7,8)(H,9,10)(H,11,12);;;;/q;;3*+1;+4/p-6. The summed E-state index contributed by atoms with van der Waals surface area (Å²) >= 11 is 0. The van der Waals surface area contributed by atoms with Gasteiger partial charge in [0.2, 0.25) is 0 Å². The number of carbonyl (C=O) groups excluding carboxylic acids is 6. The Labute approximate surface area is 311 Å². The minimum Gasteiger partial charge on any atom is -0.550 e. The van der Waals surface area contributed by atoms with Gasteiger partial charge in [-0.3, -0.25) is 0 Å². The fraction of sp³-hybridized carbons (Fsp3) is 0.500. The van der Waals surface area contributed by atoms with Crippen LogP contribution in [0.25, 0.3) is 0 Å². The van der Waals surface area contributed by atoms with Gasteiger partial charge in [0.25, 0.3) is 0 Å². The van der Waals surface area contributed by atoms with Crippen LogP contribution >= 0.6 is 0 Å². The van der Waals surface area contributed by atoms with E-state index in [1.165, 1.54) is 0 Å². The second kappa shape index (κ2) is 21.9. The Morgan fingerprint density at radius 3 is 0.700 bits per heavy atom. The molecule has 18 heteroatoms. The summed E-state index contributed by atoms with van der Waals surface area (Å²) in [5, 5.41) is 77.9. The van der Waals surface area contributed by atoms with Gasteiger partial charge in [0.1, 0.15) is 11.2 Å². The fourth-order valence-electron chi connectivity index (χ4n) is 1.37. The van der Waals surface area contributed by atoms with E-state index < -0.39 is 72.7 Å². The predicted octanol–water partition coefficient (Wildman–Crippen LogP) is -19.5. The van der Waals surface area contributed by atoms with E-state index in [1.54, 1.807) is 0 Å². The zero-order valence-corrected chi connectivity index (χ0v) is 27.1. The van der Waals surface area contributed by atoms with Gasteiger partial charge >= 0.3 is 176 Å². The van der Waals surface area contributed by atoms with E-state index in [9.17, 15) is 59.4 Å². The zero-order valence-electron chi connectivity index (χ0n) is 16.1. The Morgan fingerprint density at radius 2 is 0.633 bits per heavy atom. The fourth-order valence-corrected chi connectivity index (χ4v) is 1.37. The molecule has 0 fully saturated rings.